The maximum Gasteiger partial charge on any atom is 0.262 e. The standard InChI is InChI=1S/C16H18N2O3/c1-11-5-3-4-6-13(11)18-16(19)10-21-14-8-7-12(17)9-15(14)20-2/h3-9H,10,17H2,1-2H3,(H,18,19). The van der Waals surface area contributed by atoms with Gasteiger partial charge >= 0.3 is 0 Å². The number of amides is 1. The van der Waals surface area contributed by atoms with E-state index < -0.39 is 0 Å². The summed E-state index contributed by atoms with van der Waals surface area (Å²) in [4.78, 5) is 11.9. The van der Waals surface area contributed by atoms with Crippen LogP contribution in [0.2, 0.25) is 0 Å². The Labute approximate surface area is 123 Å². The average Bonchev–Trinajstić information content (AvgIpc) is 2.48. The van der Waals surface area contributed by atoms with Gasteiger partial charge in [0.15, 0.2) is 18.1 Å². The van der Waals surface area contributed by atoms with Gasteiger partial charge in [0.1, 0.15) is 0 Å². The lowest BCUT2D eigenvalue weighted by Crippen LogP contribution is -2.20. The molecule has 0 saturated heterocycles. The van der Waals surface area contributed by atoms with E-state index >= 15 is 0 Å². The molecule has 0 aliphatic rings. The number of carbonyl (C=O) groups excluding carboxylic acids is 1. The summed E-state index contributed by atoms with van der Waals surface area (Å²) < 4.78 is 10.6. The molecular formula is C16H18N2O3. The third-order valence-corrected chi connectivity index (χ3v) is 2.97. The topological polar surface area (TPSA) is 73.6 Å². The second-order valence-electron chi connectivity index (χ2n) is 4.56. The molecule has 0 saturated carbocycles. The molecule has 2 aromatic carbocycles. The number of ether oxygens (including phenoxy) is 2. The fourth-order valence-corrected chi connectivity index (χ4v) is 1.85. The van der Waals surface area contributed by atoms with E-state index in [1.807, 2.05) is 31.2 Å². The van der Waals surface area contributed by atoms with E-state index in [1.54, 1.807) is 18.2 Å². The minimum atomic E-state index is -0.233. The summed E-state index contributed by atoms with van der Waals surface area (Å²) in [6.45, 7) is 1.83. The first-order valence-corrected chi connectivity index (χ1v) is 6.52. The molecule has 0 aromatic heterocycles. The number of para-hydroxylation sites is 1. The molecule has 0 aliphatic carbocycles. The molecule has 5 heteroatoms. The number of nitrogens with one attached hydrogen (secondary N) is 1. The van der Waals surface area contributed by atoms with E-state index in [1.165, 1.54) is 7.11 Å². The summed E-state index contributed by atoms with van der Waals surface area (Å²) in [5.41, 5.74) is 8.01. The molecule has 0 radical (unpaired) electrons. The van der Waals surface area contributed by atoms with Gasteiger partial charge < -0.3 is 20.5 Å². The van der Waals surface area contributed by atoms with Crippen LogP contribution in [0.15, 0.2) is 42.5 Å². The average molecular weight is 286 g/mol. The molecule has 3 N–H and O–H groups in total. The maximum absolute atomic E-state index is 11.9. The molecule has 2 rings (SSSR count). The van der Waals surface area contributed by atoms with E-state index in [9.17, 15) is 4.79 Å². The third-order valence-electron chi connectivity index (χ3n) is 2.97. The summed E-state index contributed by atoms with van der Waals surface area (Å²) in [5.74, 6) is 0.744. The molecular weight excluding hydrogens is 268 g/mol. The fraction of sp³-hybridized carbons (Fsp3) is 0.188. The van der Waals surface area contributed by atoms with E-state index in [0.29, 0.717) is 17.2 Å². The van der Waals surface area contributed by atoms with Crippen molar-refractivity contribution in [2.75, 3.05) is 24.8 Å². The molecule has 0 aliphatic heterocycles. The van der Waals surface area contributed by atoms with Crippen molar-refractivity contribution >= 4 is 17.3 Å². The summed E-state index contributed by atoms with van der Waals surface area (Å²) in [6.07, 6.45) is 0. The zero-order chi connectivity index (χ0) is 15.2. The van der Waals surface area contributed by atoms with Gasteiger partial charge in [0.25, 0.3) is 5.91 Å². The minimum Gasteiger partial charge on any atom is -0.493 e. The van der Waals surface area contributed by atoms with Gasteiger partial charge in [-0.1, -0.05) is 18.2 Å². The molecule has 0 atom stereocenters. The number of hydrogen-bond acceptors (Lipinski definition) is 4. The van der Waals surface area contributed by atoms with Crippen molar-refractivity contribution in [2.24, 2.45) is 0 Å². The van der Waals surface area contributed by atoms with Crippen LogP contribution in [0.4, 0.5) is 11.4 Å². The summed E-state index contributed by atoms with van der Waals surface area (Å²) in [5, 5.41) is 2.80. The maximum atomic E-state index is 11.9. The number of aryl methyl sites for hydroxylation is 1. The Balaban J connectivity index is 1.97. The predicted octanol–water partition coefficient (Wildman–Crippen LogP) is 2.60. The fourth-order valence-electron chi connectivity index (χ4n) is 1.85. The molecule has 21 heavy (non-hydrogen) atoms. The second kappa shape index (κ2) is 6.65. The number of carbonyl (C=O) groups is 1. The third kappa shape index (κ3) is 3.89. The van der Waals surface area contributed by atoms with Gasteiger partial charge in [-0.25, -0.2) is 0 Å². The van der Waals surface area contributed by atoms with Crippen molar-refractivity contribution in [3.05, 3.63) is 48.0 Å². The van der Waals surface area contributed by atoms with Gasteiger partial charge in [0.05, 0.1) is 7.11 Å². The van der Waals surface area contributed by atoms with Crippen molar-refractivity contribution in [3.63, 3.8) is 0 Å². The SMILES string of the molecule is COc1cc(N)ccc1OCC(=O)Nc1ccccc1C. The Morgan fingerprint density at radius 1 is 1.19 bits per heavy atom. The van der Waals surface area contributed by atoms with Crippen molar-refractivity contribution < 1.29 is 14.3 Å². The highest BCUT2D eigenvalue weighted by Gasteiger charge is 2.09. The monoisotopic (exact) mass is 286 g/mol. The molecule has 0 bridgehead atoms. The number of nitrogen functional groups attached to an aromatic ring is 1. The molecule has 1 amide bonds. The Bertz CT molecular complexity index is 641. The van der Waals surface area contributed by atoms with Crippen molar-refractivity contribution in [3.8, 4) is 11.5 Å². The zero-order valence-corrected chi connectivity index (χ0v) is 12.1. The van der Waals surface area contributed by atoms with Gasteiger partial charge in [-0.2, -0.15) is 0 Å². The Hall–Kier alpha value is -2.69. The molecule has 110 valence electrons. The van der Waals surface area contributed by atoms with Gasteiger partial charge in [-0.05, 0) is 30.7 Å². The highest BCUT2D eigenvalue weighted by molar-refractivity contribution is 5.92. The van der Waals surface area contributed by atoms with Crippen LogP contribution in [-0.4, -0.2) is 19.6 Å². The Kier molecular flexibility index (Phi) is 4.66. The lowest BCUT2D eigenvalue weighted by atomic mass is 10.2. The highest BCUT2D eigenvalue weighted by atomic mass is 16.5. The number of anilines is 2. The van der Waals surface area contributed by atoms with Crippen LogP contribution in [-0.2, 0) is 4.79 Å². The van der Waals surface area contributed by atoms with Crippen LogP contribution in [0.5, 0.6) is 11.5 Å². The first-order chi connectivity index (χ1) is 10.1. The van der Waals surface area contributed by atoms with E-state index in [2.05, 4.69) is 5.32 Å². The van der Waals surface area contributed by atoms with Crippen LogP contribution < -0.4 is 20.5 Å². The molecule has 0 heterocycles. The number of hydrogen-bond donors (Lipinski definition) is 2. The number of rotatable bonds is 5. The first-order valence-electron chi connectivity index (χ1n) is 6.52. The molecule has 0 unspecified atom stereocenters. The van der Waals surface area contributed by atoms with Gasteiger partial charge in [-0.3, -0.25) is 4.79 Å². The second-order valence-corrected chi connectivity index (χ2v) is 4.56. The van der Waals surface area contributed by atoms with E-state index in [0.717, 1.165) is 11.3 Å². The largest absolute Gasteiger partial charge is 0.493 e. The Morgan fingerprint density at radius 3 is 2.67 bits per heavy atom. The first kappa shape index (κ1) is 14.7. The normalized spacial score (nSPS) is 10.0. The number of methoxy groups -OCH3 is 1. The van der Waals surface area contributed by atoms with E-state index in [4.69, 9.17) is 15.2 Å². The van der Waals surface area contributed by atoms with E-state index in [-0.39, 0.29) is 12.5 Å². The number of nitrogens with two attached hydrogens (primary N) is 1. The quantitative estimate of drug-likeness (QED) is 0.829. The van der Waals surface area contributed by atoms with Crippen molar-refractivity contribution in [1.82, 2.24) is 0 Å². The minimum absolute atomic E-state index is 0.103. The van der Waals surface area contributed by atoms with Crippen LogP contribution in [0.1, 0.15) is 5.56 Å². The van der Waals surface area contributed by atoms with Gasteiger partial charge in [-0.15, -0.1) is 0 Å². The molecule has 2 aromatic rings. The van der Waals surface area contributed by atoms with Gasteiger partial charge in [0, 0.05) is 17.4 Å². The molecule has 5 nitrogen and oxygen atoms in total. The predicted molar refractivity (Wildman–Crippen MR) is 82.7 cm³/mol. The van der Waals surface area contributed by atoms with Crippen LogP contribution >= 0.6 is 0 Å². The molecule has 0 spiro atoms. The van der Waals surface area contributed by atoms with Crippen molar-refractivity contribution in [1.29, 1.82) is 0 Å². The summed E-state index contributed by atoms with van der Waals surface area (Å²) >= 11 is 0. The lowest BCUT2D eigenvalue weighted by molar-refractivity contribution is -0.118. The summed E-state index contributed by atoms with van der Waals surface area (Å²) in [6, 6.07) is 12.6. The highest BCUT2D eigenvalue weighted by Crippen LogP contribution is 2.28. The van der Waals surface area contributed by atoms with Crippen LogP contribution in [0.3, 0.4) is 0 Å². The van der Waals surface area contributed by atoms with Crippen LogP contribution in [0.25, 0.3) is 0 Å². The zero-order valence-electron chi connectivity index (χ0n) is 12.1. The van der Waals surface area contributed by atoms with Gasteiger partial charge in [0.2, 0.25) is 0 Å². The van der Waals surface area contributed by atoms with Crippen LogP contribution in [0, 0.1) is 6.92 Å². The Morgan fingerprint density at radius 2 is 1.95 bits per heavy atom. The smallest absolute Gasteiger partial charge is 0.262 e. The van der Waals surface area contributed by atoms with Crippen molar-refractivity contribution in [2.45, 2.75) is 6.92 Å². The number of benzene rings is 2. The lowest BCUT2D eigenvalue weighted by Gasteiger charge is -2.12. The molecule has 0 fully saturated rings. The summed E-state index contributed by atoms with van der Waals surface area (Å²) in [7, 11) is 1.52.